The van der Waals surface area contributed by atoms with Crippen molar-refractivity contribution in [1.82, 2.24) is 10.3 Å². The fourth-order valence-electron chi connectivity index (χ4n) is 2.50. The Balaban J connectivity index is 2.20. The molecule has 4 heteroatoms. The number of rotatable bonds is 4. The molecule has 0 bridgehead atoms. The van der Waals surface area contributed by atoms with Crippen LogP contribution >= 0.6 is 0 Å². The average Bonchev–Trinajstić information content (AvgIpc) is 2.76. The SMILES string of the molecule is CNCc1cnccc1N(C)C1CCOC1C. The van der Waals surface area contributed by atoms with Crippen LogP contribution in [0, 0.1) is 0 Å². The van der Waals surface area contributed by atoms with Crippen LogP contribution < -0.4 is 10.2 Å². The Bertz CT molecular complexity index is 369. The zero-order valence-electron chi connectivity index (χ0n) is 10.8. The Morgan fingerprint density at radius 2 is 2.41 bits per heavy atom. The largest absolute Gasteiger partial charge is 0.376 e. The molecule has 1 N–H and O–H groups in total. The van der Waals surface area contributed by atoms with Crippen molar-refractivity contribution in [3.63, 3.8) is 0 Å². The zero-order valence-corrected chi connectivity index (χ0v) is 10.8. The van der Waals surface area contributed by atoms with Crippen molar-refractivity contribution in [2.24, 2.45) is 0 Å². The van der Waals surface area contributed by atoms with E-state index in [9.17, 15) is 0 Å². The summed E-state index contributed by atoms with van der Waals surface area (Å²) in [4.78, 5) is 6.52. The summed E-state index contributed by atoms with van der Waals surface area (Å²) in [6.45, 7) is 3.85. The van der Waals surface area contributed by atoms with E-state index >= 15 is 0 Å². The quantitative estimate of drug-likeness (QED) is 0.856. The number of likely N-dealkylation sites (N-methyl/N-ethyl adjacent to an activating group) is 1. The molecule has 1 aromatic rings. The van der Waals surface area contributed by atoms with Gasteiger partial charge in [0.1, 0.15) is 0 Å². The molecule has 2 atom stereocenters. The maximum absolute atomic E-state index is 5.63. The van der Waals surface area contributed by atoms with Gasteiger partial charge < -0.3 is 15.0 Å². The summed E-state index contributed by atoms with van der Waals surface area (Å²) in [6.07, 6.45) is 5.18. The minimum absolute atomic E-state index is 0.301. The van der Waals surface area contributed by atoms with E-state index in [0.717, 1.165) is 19.6 Å². The predicted octanol–water partition coefficient (Wildman–Crippen LogP) is 1.41. The van der Waals surface area contributed by atoms with Crippen LogP contribution in [0.15, 0.2) is 18.5 Å². The number of hydrogen-bond donors (Lipinski definition) is 1. The van der Waals surface area contributed by atoms with Crippen LogP contribution in [-0.4, -0.2) is 37.8 Å². The molecule has 94 valence electrons. The molecule has 0 saturated carbocycles. The first-order valence-electron chi connectivity index (χ1n) is 6.16. The van der Waals surface area contributed by atoms with Gasteiger partial charge in [-0.2, -0.15) is 0 Å². The van der Waals surface area contributed by atoms with E-state index in [1.807, 2.05) is 19.4 Å². The molecule has 0 aliphatic carbocycles. The van der Waals surface area contributed by atoms with Crippen LogP contribution in [0.4, 0.5) is 5.69 Å². The third-order valence-corrected chi connectivity index (χ3v) is 3.46. The summed E-state index contributed by atoms with van der Waals surface area (Å²) in [5.41, 5.74) is 2.48. The number of aromatic nitrogens is 1. The molecule has 0 radical (unpaired) electrons. The average molecular weight is 235 g/mol. The predicted molar refractivity (Wildman–Crippen MR) is 69.2 cm³/mol. The van der Waals surface area contributed by atoms with Gasteiger partial charge in [0, 0.05) is 43.8 Å². The Hall–Kier alpha value is -1.13. The summed E-state index contributed by atoms with van der Waals surface area (Å²) in [6, 6.07) is 2.55. The maximum atomic E-state index is 5.63. The van der Waals surface area contributed by atoms with E-state index in [1.54, 1.807) is 0 Å². The number of anilines is 1. The summed E-state index contributed by atoms with van der Waals surface area (Å²) >= 11 is 0. The van der Waals surface area contributed by atoms with Crippen molar-refractivity contribution in [2.75, 3.05) is 25.6 Å². The zero-order chi connectivity index (χ0) is 12.3. The van der Waals surface area contributed by atoms with Crippen LogP contribution in [0.5, 0.6) is 0 Å². The van der Waals surface area contributed by atoms with Gasteiger partial charge in [0.2, 0.25) is 0 Å². The molecule has 0 aromatic carbocycles. The molecule has 17 heavy (non-hydrogen) atoms. The Morgan fingerprint density at radius 1 is 1.59 bits per heavy atom. The first-order chi connectivity index (χ1) is 8.24. The van der Waals surface area contributed by atoms with Gasteiger partial charge in [0.05, 0.1) is 12.1 Å². The van der Waals surface area contributed by atoms with Crippen molar-refractivity contribution in [3.8, 4) is 0 Å². The third kappa shape index (κ3) is 2.58. The fourth-order valence-corrected chi connectivity index (χ4v) is 2.50. The molecule has 0 amide bonds. The third-order valence-electron chi connectivity index (χ3n) is 3.46. The van der Waals surface area contributed by atoms with Crippen LogP contribution in [0.25, 0.3) is 0 Å². The number of nitrogens with zero attached hydrogens (tertiary/aromatic N) is 2. The van der Waals surface area contributed by atoms with Gasteiger partial charge in [-0.05, 0) is 26.5 Å². The smallest absolute Gasteiger partial charge is 0.0750 e. The second-order valence-electron chi connectivity index (χ2n) is 4.58. The number of ether oxygens (including phenoxy) is 1. The van der Waals surface area contributed by atoms with E-state index in [2.05, 4.69) is 35.2 Å². The molecular formula is C13H21N3O. The molecule has 2 unspecified atom stereocenters. The van der Waals surface area contributed by atoms with Crippen molar-refractivity contribution in [1.29, 1.82) is 0 Å². The fraction of sp³-hybridized carbons (Fsp3) is 0.615. The summed E-state index contributed by atoms with van der Waals surface area (Å²) < 4.78 is 5.63. The Kier molecular flexibility index (Phi) is 3.97. The molecule has 1 aliphatic heterocycles. The number of pyridine rings is 1. The van der Waals surface area contributed by atoms with Crippen LogP contribution in [0.2, 0.25) is 0 Å². The van der Waals surface area contributed by atoms with E-state index in [4.69, 9.17) is 4.74 Å². The molecule has 2 heterocycles. The lowest BCUT2D eigenvalue weighted by molar-refractivity contribution is 0.118. The number of hydrogen-bond acceptors (Lipinski definition) is 4. The van der Waals surface area contributed by atoms with E-state index in [1.165, 1.54) is 11.3 Å². The lowest BCUT2D eigenvalue weighted by Crippen LogP contribution is -2.37. The highest BCUT2D eigenvalue weighted by Gasteiger charge is 2.28. The topological polar surface area (TPSA) is 37.4 Å². The van der Waals surface area contributed by atoms with Gasteiger partial charge in [-0.1, -0.05) is 0 Å². The highest BCUT2D eigenvalue weighted by Crippen LogP contribution is 2.26. The minimum atomic E-state index is 0.301. The van der Waals surface area contributed by atoms with E-state index in [-0.39, 0.29) is 0 Å². The van der Waals surface area contributed by atoms with Crippen LogP contribution in [-0.2, 0) is 11.3 Å². The van der Waals surface area contributed by atoms with Gasteiger partial charge in [0.15, 0.2) is 0 Å². The summed E-state index contributed by atoms with van der Waals surface area (Å²) in [5, 5.41) is 3.18. The van der Waals surface area contributed by atoms with Gasteiger partial charge in [0.25, 0.3) is 0 Å². The van der Waals surface area contributed by atoms with E-state index in [0.29, 0.717) is 12.1 Å². The number of nitrogens with one attached hydrogen (secondary N) is 1. The van der Waals surface area contributed by atoms with Crippen LogP contribution in [0.3, 0.4) is 0 Å². The van der Waals surface area contributed by atoms with Crippen molar-refractivity contribution in [3.05, 3.63) is 24.0 Å². The monoisotopic (exact) mass is 235 g/mol. The molecule has 2 rings (SSSR count). The normalized spacial score (nSPS) is 23.9. The Labute approximate surface area is 103 Å². The molecular weight excluding hydrogens is 214 g/mol. The summed E-state index contributed by atoms with van der Waals surface area (Å²) in [7, 11) is 4.10. The van der Waals surface area contributed by atoms with Crippen molar-refractivity contribution in [2.45, 2.75) is 32.0 Å². The highest BCUT2D eigenvalue weighted by atomic mass is 16.5. The first-order valence-corrected chi connectivity index (χ1v) is 6.16. The van der Waals surface area contributed by atoms with Crippen LogP contribution in [0.1, 0.15) is 18.9 Å². The van der Waals surface area contributed by atoms with Crippen molar-refractivity contribution < 1.29 is 4.74 Å². The first kappa shape index (κ1) is 12.3. The second-order valence-corrected chi connectivity index (χ2v) is 4.58. The lowest BCUT2D eigenvalue weighted by Gasteiger charge is -2.30. The maximum Gasteiger partial charge on any atom is 0.0750 e. The molecule has 1 aromatic heterocycles. The van der Waals surface area contributed by atoms with E-state index < -0.39 is 0 Å². The minimum Gasteiger partial charge on any atom is -0.376 e. The molecule has 1 fully saturated rings. The lowest BCUT2D eigenvalue weighted by atomic mass is 10.1. The summed E-state index contributed by atoms with van der Waals surface area (Å²) in [5.74, 6) is 0. The molecule has 1 aliphatic rings. The standard InChI is InChI=1S/C13H21N3O/c1-10-12(5-7-17-10)16(3)13-4-6-15-9-11(13)8-14-2/h4,6,9-10,12,14H,5,7-8H2,1-3H3. The molecule has 0 spiro atoms. The van der Waals surface area contributed by atoms with Gasteiger partial charge in [-0.15, -0.1) is 0 Å². The van der Waals surface area contributed by atoms with Crippen molar-refractivity contribution >= 4 is 5.69 Å². The molecule has 4 nitrogen and oxygen atoms in total. The highest BCUT2D eigenvalue weighted by molar-refractivity contribution is 5.52. The van der Waals surface area contributed by atoms with Gasteiger partial charge >= 0.3 is 0 Å². The second kappa shape index (κ2) is 5.47. The molecule has 1 saturated heterocycles. The van der Waals surface area contributed by atoms with Gasteiger partial charge in [-0.3, -0.25) is 4.98 Å². The Morgan fingerprint density at radius 3 is 3.06 bits per heavy atom. The van der Waals surface area contributed by atoms with Gasteiger partial charge in [-0.25, -0.2) is 0 Å².